The van der Waals surface area contributed by atoms with Crippen molar-refractivity contribution < 1.29 is 18.3 Å². The standard InChI is InChI=1S/C19H16ClF2N3O2/c1-3-13-17-23-12-8-7-10(20)9-14(12)25(17)16-11(18(26)24(13)2)5-4-6-15(16)27-19(21)22/h4-9,13,19H,3H2,1-2H3. The van der Waals surface area contributed by atoms with Crippen molar-refractivity contribution in [3.05, 3.63) is 52.8 Å². The van der Waals surface area contributed by atoms with Crippen LogP contribution in [0.25, 0.3) is 16.7 Å². The van der Waals surface area contributed by atoms with Crippen LogP contribution < -0.4 is 4.74 Å². The molecule has 5 nitrogen and oxygen atoms in total. The highest BCUT2D eigenvalue weighted by molar-refractivity contribution is 6.31. The molecule has 3 aromatic rings. The van der Waals surface area contributed by atoms with Gasteiger partial charge in [-0.2, -0.15) is 8.78 Å². The SMILES string of the molecule is CCC1c2nc3ccc(Cl)cc3n2-c2c(OC(F)F)cccc2C(=O)N1C. The minimum Gasteiger partial charge on any atom is -0.433 e. The van der Waals surface area contributed by atoms with E-state index in [0.717, 1.165) is 0 Å². The number of benzene rings is 2. The highest BCUT2D eigenvalue weighted by Crippen LogP contribution is 2.40. The number of fused-ring (bicyclic) bond motifs is 5. The van der Waals surface area contributed by atoms with Crippen molar-refractivity contribution in [2.24, 2.45) is 0 Å². The molecule has 0 spiro atoms. The lowest BCUT2D eigenvalue weighted by Gasteiger charge is -2.24. The molecular weight excluding hydrogens is 376 g/mol. The van der Waals surface area contributed by atoms with E-state index in [1.54, 1.807) is 40.8 Å². The van der Waals surface area contributed by atoms with Gasteiger partial charge in [-0.1, -0.05) is 24.6 Å². The number of carbonyl (C=O) groups excluding carboxylic acids is 1. The number of aromatic nitrogens is 2. The number of para-hydroxylation sites is 1. The van der Waals surface area contributed by atoms with Crippen LogP contribution in [0.4, 0.5) is 8.78 Å². The van der Waals surface area contributed by atoms with Crippen LogP contribution in [-0.2, 0) is 0 Å². The first-order valence-corrected chi connectivity index (χ1v) is 8.83. The molecule has 140 valence electrons. The molecule has 0 fully saturated rings. The number of rotatable bonds is 3. The van der Waals surface area contributed by atoms with Crippen LogP contribution in [-0.4, -0.2) is 34.0 Å². The third-order valence-corrected chi connectivity index (χ3v) is 5.02. The Kier molecular flexibility index (Phi) is 4.26. The summed E-state index contributed by atoms with van der Waals surface area (Å²) in [4.78, 5) is 19.3. The van der Waals surface area contributed by atoms with E-state index in [9.17, 15) is 13.6 Å². The first-order valence-electron chi connectivity index (χ1n) is 8.45. The van der Waals surface area contributed by atoms with E-state index in [1.165, 1.54) is 12.1 Å². The van der Waals surface area contributed by atoms with Crippen LogP contribution >= 0.6 is 11.6 Å². The normalized spacial score (nSPS) is 16.4. The van der Waals surface area contributed by atoms with Crippen molar-refractivity contribution in [1.82, 2.24) is 14.5 Å². The lowest BCUT2D eigenvalue weighted by molar-refractivity contribution is -0.0498. The van der Waals surface area contributed by atoms with Crippen molar-refractivity contribution in [2.75, 3.05) is 7.05 Å². The van der Waals surface area contributed by atoms with Gasteiger partial charge in [-0.15, -0.1) is 0 Å². The van der Waals surface area contributed by atoms with Crippen molar-refractivity contribution in [2.45, 2.75) is 26.0 Å². The highest BCUT2D eigenvalue weighted by atomic mass is 35.5. The highest BCUT2D eigenvalue weighted by Gasteiger charge is 2.35. The predicted molar refractivity (Wildman–Crippen MR) is 97.8 cm³/mol. The van der Waals surface area contributed by atoms with E-state index >= 15 is 0 Å². The molecule has 0 aliphatic carbocycles. The molecule has 2 heterocycles. The van der Waals surface area contributed by atoms with E-state index in [-0.39, 0.29) is 28.9 Å². The van der Waals surface area contributed by atoms with Crippen LogP contribution in [0.2, 0.25) is 5.02 Å². The van der Waals surface area contributed by atoms with Crippen molar-refractivity contribution in [3.8, 4) is 11.4 Å². The molecule has 0 saturated carbocycles. The largest absolute Gasteiger partial charge is 0.433 e. The molecule has 0 radical (unpaired) electrons. The first-order chi connectivity index (χ1) is 12.9. The molecule has 1 atom stereocenters. The summed E-state index contributed by atoms with van der Waals surface area (Å²) in [7, 11) is 1.68. The Hall–Kier alpha value is -2.67. The van der Waals surface area contributed by atoms with E-state index in [1.807, 2.05) is 6.92 Å². The summed E-state index contributed by atoms with van der Waals surface area (Å²) in [5, 5.41) is 0.482. The Morgan fingerprint density at radius 1 is 1.30 bits per heavy atom. The average molecular weight is 392 g/mol. The van der Waals surface area contributed by atoms with E-state index < -0.39 is 6.61 Å². The number of imidazole rings is 1. The molecule has 1 unspecified atom stereocenters. The van der Waals surface area contributed by atoms with Crippen molar-refractivity contribution in [3.63, 3.8) is 0 Å². The van der Waals surface area contributed by atoms with Crippen molar-refractivity contribution >= 4 is 28.5 Å². The Morgan fingerprint density at radius 3 is 2.78 bits per heavy atom. The Balaban J connectivity index is 2.14. The van der Waals surface area contributed by atoms with Gasteiger partial charge in [0.2, 0.25) is 0 Å². The quantitative estimate of drug-likeness (QED) is 0.643. The fourth-order valence-corrected chi connectivity index (χ4v) is 3.77. The number of hydrogen-bond donors (Lipinski definition) is 0. The monoisotopic (exact) mass is 391 g/mol. The van der Waals surface area contributed by atoms with Crippen molar-refractivity contribution in [1.29, 1.82) is 0 Å². The average Bonchev–Trinajstić information content (AvgIpc) is 2.95. The molecule has 4 rings (SSSR count). The Morgan fingerprint density at radius 2 is 2.07 bits per heavy atom. The lowest BCUT2D eigenvalue weighted by atomic mass is 10.1. The van der Waals surface area contributed by atoms with Crippen LogP contribution in [0.3, 0.4) is 0 Å². The van der Waals surface area contributed by atoms with E-state index in [4.69, 9.17) is 16.3 Å². The molecule has 0 bridgehead atoms. The molecule has 1 amide bonds. The number of amides is 1. The van der Waals surface area contributed by atoms with E-state index in [0.29, 0.717) is 28.3 Å². The van der Waals surface area contributed by atoms with Gasteiger partial charge in [0.25, 0.3) is 5.91 Å². The maximum absolute atomic E-state index is 13.0. The maximum atomic E-state index is 13.0. The minimum absolute atomic E-state index is 0.0819. The second kappa shape index (κ2) is 6.49. The number of carbonyl (C=O) groups is 1. The fraction of sp³-hybridized carbons (Fsp3) is 0.263. The van der Waals surface area contributed by atoms with Gasteiger partial charge in [0.15, 0.2) is 5.75 Å². The summed E-state index contributed by atoms with van der Waals surface area (Å²) in [6.45, 7) is -1.08. The lowest BCUT2D eigenvalue weighted by Crippen LogP contribution is -2.30. The number of nitrogens with zero attached hydrogens (tertiary/aromatic N) is 3. The van der Waals surface area contributed by atoms with Gasteiger partial charge in [0, 0.05) is 12.1 Å². The number of halogens is 3. The van der Waals surface area contributed by atoms with Gasteiger partial charge in [0.1, 0.15) is 11.5 Å². The van der Waals surface area contributed by atoms with Gasteiger partial charge in [0.05, 0.1) is 22.6 Å². The molecule has 0 N–H and O–H groups in total. The summed E-state index contributed by atoms with van der Waals surface area (Å²) in [5.74, 6) is 0.216. The van der Waals surface area contributed by atoms with Crippen LogP contribution in [0.1, 0.15) is 35.6 Å². The molecular formula is C19H16ClF2N3O2. The first kappa shape index (κ1) is 17.7. The predicted octanol–water partition coefficient (Wildman–Crippen LogP) is 4.82. The molecule has 1 aliphatic heterocycles. The zero-order chi connectivity index (χ0) is 19.3. The number of ether oxygens (including phenoxy) is 1. The Labute approximate surface area is 159 Å². The molecule has 8 heteroatoms. The molecule has 27 heavy (non-hydrogen) atoms. The number of alkyl halides is 2. The maximum Gasteiger partial charge on any atom is 0.387 e. The second-order valence-electron chi connectivity index (χ2n) is 6.31. The fourth-order valence-electron chi connectivity index (χ4n) is 3.60. The topological polar surface area (TPSA) is 47.4 Å². The third-order valence-electron chi connectivity index (χ3n) is 4.78. The Bertz CT molecular complexity index is 1050. The summed E-state index contributed by atoms with van der Waals surface area (Å²) in [6, 6.07) is 9.42. The van der Waals surface area contributed by atoms with E-state index in [2.05, 4.69) is 4.98 Å². The smallest absolute Gasteiger partial charge is 0.387 e. The third kappa shape index (κ3) is 2.73. The van der Waals surface area contributed by atoms with Crippen LogP contribution in [0, 0.1) is 0 Å². The minimum atomic E-state index is -3.02. The summed E-state index contributed by atoms with van der Waals surface area (Å²) >= 11 is 6.17. The van der Waals surface area contributed by atoms with Gasteiger partial charge in [-0.05, 0) is 36.8 Å². The van der Waals surface area contributed by atoms with Gasteiger partial charge < -0.3 is 9.64 Å². The molecule has 1 aliphatic rings. The van der Waals surface area contributed by atoms with Crippen LogP contribution in [0.5, 0.6) is 5.75 Å². The van der Waals surface area contributed by atoms with Gasteiger partial charge >= 0.3 is 6.61 Å². The second-order valence-corrected chi connectivity index (χ2v) is 6.75. The molecule has 0 saturated heterocycles. The van der Waals surface area contributed by atoms with Gasteiger partial charge in [-0.3, -0.25) is 9.36 Å². The molecule has 1 aromatic heterocycles. The summed E-state index contributed by atoms with van der Waals surface area (Å²) < 4.78 is 32.5. The summed E-state index contributed by atoms with van der Waals surface area (Å²) in [5.41, 5.74) is 1.82. The van der Waals surface area contributed by atoms with Crippen LogP contribution in [0.15, 0.2) is 36.4 Å². The van der Waals surface area contributed by atoms with Gasteiger partial charge in [-0.25, -0.2) is 4.98 Å². The summed E-state index contributed by atoms with van der Waals surface area (Å²) in [6.07, 6.45) is 0.609. The number of hydrogen-bond acceptors (Lipinski definition) is 3. The molecule has 2 aromatic carbocycles. The zero-order valence-corrected chi connectivity index (χ0v) is 15.4. The zero-order valence-electron chi connectivity index (χ0n) is 14.6.